The van der Waals surface area contributed by atoms with Gasteiger partial charge in [-0.05, 0) is 86.4 Å². The number of allylic oxidation sites excluding steroid dienone is 1. The van der Waals surface area contributed by atoms with Crippen LogP contribution in [0, 0.1) is 34.5 Å². The summed E-state index contributed by atoms with van der Waals surface area (Å²) in [6.07, 6.45) is 10.1. The fourth-order valence-corrected chi connectivity index (χ4v) is 7.21. The number of fused-ring (bicyclic) bond motifs is 5. The average Bonchev–Trinajstić information content (AvgIpc) is 2.77. The molecule has 2 heteroatoms. The monoisotopic (exact) mass is 304 g/mol. The lowest BCUT2D eigenvalue weighted by Crippen LogP contribution is -2.54. The number of aliphatic hydroxyl groups excluding tert-OH is 2. The molecule has 0 aromatic rings. The molecule has 8 atom stereocenters. The lowest BCUT2D eigenvalue weighted by molar-refractivity contribution is -0.104. The van der Waals surface area contributed by atoms with Gasteiger partial charge in [-0.2, -0.15) is 0 Å². The van der Waals surface area contributed by atoms with Gasteiger partial charge in [-0.15, -0.1) is 0 Å². The molecule has 0 radical (unpaired) electrons. The number of rotatable bonds is 0. The molecule has 0 heterocycles. The molecule has 2 N–H and O–H groups in total. The van der Waals surface area contributed by atoms with Crippen LogP contribution in [0.5, 0.6) is 0 Å². The molecule has 0 aromatic carbocycles. The Kier molecular flexibility index (Phi) is 3.34. The van der Waals surface area contributed by atoms with E-state index >= 15 is 0 Å². The van der Waals surface area contributed by atoms with Crippen molar-refractivity contribution in [1.29, 1.82) is 0 Å². The second-order valence-electron chi connectivity index (χ2n) is 9.22. The van der Waals surface area contributed by atoms with Crippen molar-refractivity contribution in [3.05, 3.63) is 11.6 Å². The molecule has 124 valence electrons. The quantitative estimate of drug-likeness (QED) is 0.666. The third-order valence-electron chi connectivity index (χ3n) is 8.67. The van der Waals surface area contributed by atoms with E-state index in [0.29, 0.717) is 5.92 Å². The van der Waals surface area contributed by atoms with Crippen molar-refractivity contribution >= 4 is 0 Å². The molecule has 4 aliphatic carbocycles. The van der Waals surface area contributed by atoms with Gasteiger partial charge in [0, 0.05) is 0 Å². The standard InChI is InChI=1S/C20H32O2/c1-12-10-14(21)11-13-4-5-15-16-6-7-18(22)19(16,2)9-8-17(15)20(12,13)3/h10,13-18,21-22H,4-9,11H2,1-3H3/t13?,14?,15-,16-,17-,18?,19-,20-/m0/s1. The van der Waals surface area contributed by atoms with Gasteiger partial charge in [-0.25, -0.2) is 0 Å². The van der Waals surface area contributed by atoms with Gasteiger partial charge in [0.1, 0.15) is 0 Å². The molecule has 0 bridgehead atoms. The van der Waals surface area contributed by atoms with Crippen LogP contribution >= 0.6 is 0 Å². The molecule has 0 saturated heterocycles. The number of aliphatic hydroxyl groups is 2. The zero-order chi connectivity index (χ0) is 15.7. The van der Waals surface area contributed by atoms with E-state index in [1.54, 1.807) is 0 Å². The molecule has 4 aliphatic rings. The summed E-state index contributed by atoms with van der Waals surface area (Å²) in [5.74, 6) is 2.93. The minimum Gasteiger partial charge on any atom is -0.393 e. The van der Waals surface area contributed by atoms with E-state index < -0.39 is 0 Å². The van der Waals surface area contributed by atoms with Crippen molar-refractivity contribution in [3.8, 4) is 0 Å². The predicted molar refractivity (Wildman–Crippen MR) is 88.3 cm³/mol. The van der Waals surface area contributed by atoms with Crippen LogP contribution in [0.4, 0.5) is 0 Å². The third-order valence-corrected chi connectivity index (χ3v) is 8.67. The first-order valence-electron chi connectivity index (χ1n) is 9.42. The van der Waals surface area contributed by atoms with E-state index in [2.05, 4.69) is 26.8 Å². The average molecular weight is 304 g/mol. The maximum Gasteiger partial charge on any atom is 0.0726 e. The molecule has 22 heavy (non-hydrogen) atoms. The van der Waals surface area contributed by atoms with Crippen LogP contribution in [0.15, 0.2) is 11.6 Å². The zero-order valence-corrected chi connectivity index (χ0v) is 14.4. The van der Waals surface area contributed by atoms with Crippen LogP contribution in [0.2, 0.25) is 0 Å². The first-order valence-corrected chi connectivity index (χ1v) is 9.42. The van der Waals surface area contributed by atoms with Crippen molar-refractivity contribution in [2.45, 2.75) is 77.9 Å². The van der Waals surface area contributed by atoms with Gasteiger partial charge in [0.25, 0.3) is 0 Å². The maximum atomic E-state index is 10.5. The van der Waals surface area contributed by atoms with E-state index in [1.807, 2.05) is 0 Å². The minimum atomic E-state index is -0.225. The minimum absolute atomic E-state index is 0.0752. The van der Waals surface area contributed by atoms with Gasteiger partial charge in [0.15, 0.2) is 0 Å². The molecule has 0 spiro atoms. The molecular weight excluding hydrogens is 272 g/mol. The van der Waals surface area contributed by atoms with Gasteiger partial charge in [0.05, 0.1) is 12.2 Å². The van der Waals surface area contributed by atoms with Crippen LogP contribution in [0.3, 0.4) is 0 Å². The highest BCUT2D eigenvalue weighted by atomic mass is 16.3. The zero-order valence-electron chi connectivity index (χ0n) is 14.4. The molecule has 3 unspecified atom stereocenters. The van der Waals surface area contributed by atoms with Crippen LogP contribution in [-0.2, 0) is 0 Å². The Morgan fingerprint density at radius 3 is 2.55 bits per heavy atom. The number of hydrogen-bond acceptors (Lipinski definition) is 2. The van der Waals surface area contributed by atoms with E-state index in [1.165, 1.54) is 37.7 Å². The van der Waals surface area contributed by atoms with Crippen LogP contribution in [-0.4, -0.2) is 22.4 Å². The van der Waals surface area contributed by atoms with Crippen molar-refractivity contribution < 1.29 is 10.2 Å². The summed E-state index contributed by atoms with van der Waals surface area (Å²) in [4.78, 5) is 0. The fraction of sp³-hybridized carbons (Fsp3) is 0.900. The molecule has 4 rings (SSSR count). The normalized spacial score (nSPS) is 57.6. The fourth-order valence-electron chi connectivity index (χ4n) is 7.21. The van der Waals surface area contributed by atoms with Crippen molar-refractivity contribution in [3.63, 3.8) is 0 Å². The molecule has 2 nitrogen and oxygen atoms in total. The van der Waals surface area contributed by atoms with Gasteiger partial charge in [0.2, 0.25) is 0 Å². The Morgan fingerprint density at radius 1 is 1.00 bits per heavy atom. The molecule has 0 aliphatic heterocycles. The Morgan fingerprint density at radius 2 is 1.77 bits per heavy atom. The van der Waals surface area contributed by atoms with E-state index in [9.17, 15) is 10.2 Å². The second-order valence-corrected chi connectivity index (χ2v) is 9.22. The van der Waals surface area contributed by atoms with Crippen LogP contribution in [0.25, 0.3) is 0 Å². The Balaban J connectivity index is 1.70. The topological polar surface area (TPSA) is 40.5 Å². The van der Waals surface area contributed by atoms with Gasteiger partial charge in [-0.1, -0.05) is 25.5 Å². The van der Waals surface area contributed by atoms with Crippen LogP contribution < -0.4 is 0 Å². The highest BCUT2D eigenvalue weighted by Crippen LogP contribution is 2.66. The van der Waals surface area contributed by atoms with Crippen molar-refractivity contribution in [2.75, 3.05) is 0 Å². The van der Waals surface area contributed by atoms with E-state index in [-0.39, 0.29) is 23.0 Å². The highest BCUT2D eigenvalue weighted by molar-refractivity contribution is 5.24. The third kappa shape index (κ3) is 1.80. The summed E-state index contributed by atoms with van der Waals surface area (Å²) >= 11 is 0. The predicted octanol–water partition coefficient (Wildman–Crippen LogP) is 3.92. The first-order chi connectivity index (χ1) is 10.4. The molecule has 0 amide bonds. The lowest BCUT2D eigenvalue weighted by Gasteiger charge is -2.60. The number of hydrogen-bond donors (Lipinski definition) is 2. The van der Waals surface area contributed by atoms with Crippen molar-refractivity contribution in [2.24, 2.45) is 34.5 Å². The van der Waals surface area contributed by atoms with E-state index in [0.717, 1.165) is 30.6 Å². The molecule has 0 aromatic heterocycles. The maximum absolute atomic E-state index is 10.5. The Hall–Kier alpha value is -0.340. The largest absolute Gasteiger partial charge is 0.393 e. The molecular formula is C20H32O2. The summed E-state index contributed by atoms with van der Waals surface area (Å²) < 4.78 is 0. The van der Waals surface area contributed by atoms with E-state index in [4.69, 9.17) is 0 Å². The van der Waals surface area contributed by atoms with Gasteiger partial charge < -0.3 is 10.2 Å². The second kappa shape index (κ2) is 4.83. The SMILES string of the molecule is CC1=CC(O)CC2CC[C@@H]3[C@H](CC[C@]4(C)C(O)CC[C@@H]34)[C@@]12C. The summed E-state index contributed by atoms with van der Waals surface area (Å²) in [6, 6.07) is 0. The lowest BCUT2D eigenvalue weighted by atomic mass is 9.45. The van der Waals surface area contributed by atoms with Gasteiger partial charge >= 0.3 is 0 Å². The summed E-state index contributed by atoms with van der Waals surface area (Å²) in [6.45, 7) is 7.10. The smallest absolute Gasteiger partial charge is 0.0726 e. The first kappa shape index (κ1) is 15.2. The highest BCUT2D eigenvalue weighted by Gasteiger charge is 2.60. The Labute approximate surface area is 135 Å². The summed E-state index contributed by atoms with van der Waals surface area (Å²) in [5, 5.41) is 20.7. The Bertz CT molecular complexity index is 498. The summed E-state index contributed by atoms with van der Waals surface area (Å²) in [5.41, 5.74) is 1.90. The molecule has 3 fully saturated rings. The molecule has 3 saturated carbocycles. The van der Waals surface area contributed by atoms with Crippen molar-refractivity contribution in [1.82, 2.24) is 0 Å². The van der Waals surface area contributed by atoms with Gasteiger partial charge in [-0.3, -0.25) is 0 Å². The van der Waals surface area contributed by atoms with Crippen LogP contribution in [0.1, 0.15) is 65.7 Å². The summed E-state index contributed by atoms with van der Waals surface area (Å²) in [7, 11) is 0.